The largest absolute Gasteiger partial charge is 0.0890 e. The number of alkyl halides is 1. The molecule has 1 aromatic carbocycles. The van der Waals surface area contributed by atoms with Crippen LogP contribution in [0.5, 0.6) is 0 Å². The van der Waals surface area contributed by atoms with Gasteiger partial charge in [0.25, 0.3) is 0 Å². The Morgan fingerprint density at radius 2 is 2.12 bits per heavy atom. The van der Waals surface area contributed by atoms with Crippen LogP contribution in [0.4, 0.5) is 0 Å². The third-order valence-electron chi connectivity index (χ3n) is 4.57. The first-order chi connectivity index (χ1) is 8.15. The van der Waals surface area contributed by atoms with Crippen molar-refractivity contribution >= 4 is 15.9 Å². The van der Waals surface area contributed by atoms with Crippen molar-refractivity contribution in [2.45, 2.75) is 56.7 Å². The molecule has 2 unspecified atom stereocenters. The predicted molar refractivity (Wildman–Crippen MR) is 76.8 cm³/mol. The van der Waals surface area contributed by atoms with E-state index in [4.69, 9.17) is 0 Å². The first kappa shape index (κ1) is 11.8. The van der Waals surface area contributed by atoms with Gasteiger partial charge in [0.15, 0.2) is 0 Å². The monoisotopic (exact) mass is 292 g/mol. The van der Waals surface area contributed by atoms with E-state index in [1.165, 1.54) is 44.9 Å². The molecule has 0 radical (unpaired) electrons. The number of rotatable bonds is 2. The van der Waals surface area contributed by atoms with Crippen LogP contribution in [0.3, 0.4) is 0 Å². The molecule has 2 atom stereocenters. The van der Waals surface area contributed by atoms with Crippen molar-refractivity contribution in [2.75, 3.05) is 0 Å². The molecule has 0 heterocycles. The van der Waals surface area contributed by atoms with E-state index in [2.05, 4.69) is 41.1 Å². The summed E-state index contributed by atoms with van der Waals surface area (Å²) in [6.45, 7) is 2.46. The van der Waals surface area contributed by atoms with Crippen molar-refractivity contribution < 1.29 is 0 Å². The van der Waals surface area contributed by atoms with Gasteiger partial charge in [0.1, 0.15) is 0 Å². The zero-order chi connectivity index (χ0) is 11.9. The van der Waals surface area contributed by atoms with E-state index in [-0.39, 0.29) is 0 Å². The Kier molecular flexibility index (Phi) is 3.06. The maximum absolute atomic E-state index is 3.78. The van der Waals surface area contributed by atoms with E-state index >= 15 is 0 Å². The molecule has 17 heavy (non-hydrogen) atoms. The molecule has 0 spiro atoms. The van der Waals surface area contributed by atoms with E-state index in [1.54, 1.807) is 16.7 Å². The average molecular weight is 293 g/mol. The minimum Gasteiger partial charge on any atom is -0.0890 e. The summed E-state index contributed by atoms with van der Waals surface area (Å²) < 4.78 is 0. The summed E-state index contributed by atoms with van der Waals surface area (Å²) in [6.07, 6.45) is 9.30. The molecule has 2 aliphatic rings. The van der Waals surface area contributed by atoms with Gasteiger partial charge in [-0.1, -0.05) is 41.1 Å². The lowest BCUT2D eigenvalue weighted by molar-refractivity contribution is 0.336. The second kappa shape index (κ2) is 4.42. The molecule has 0 aliphatic heterocycles. The second-order valence-electron chi connectivity index (χ2n) is 6.28. The highest BCUT2D eigenvalue weighted by Gasteiger charge is 2.33. The molecule has 1 aromatic rings. The first-order valence-corrected chi connectivity index (χ1v) is 7.81. The smallest absolute Gasteiger partial charge is 0.0151 e. The molecule has 92 valence electrons. The lowest BCUT2D eigenvalue weighted by Crippen LogP contribution is -2.15. The van der Waals surface area contributed by atoms with Crippen LogP contribution >= 0.6 is 15.9 Å². The summed E-state index contributed by atoms with van der Waals surface area (Å²) in [5.74, 6) is 0. The van der Waals surface area contributed by atoms with Gasteiger partial charge in [-0.15, -0.1) is 0 Å². The summed E-state index contributed by atoms with van der Waals surface area (Å²) in [5.41, 5.74) is 5.32. The number of hydrogen-bond acceptors (Lipinski definition) is 0. The number of aryl methyl sites for hydroxylation is 2. The first-order valence-electron chi connectivity index (χ1n) is 6.89. The maximum atomic E-state index is 3.78. The minimum absolute atomic E-state index is 0.529. The molecule has 0 saturated heterocycles. The van der Waals surface area contributed by atoms with E-state index < -0.39 is 0 Å². The van der Waals surface area contributed by atoms with Crippen molar-refractivity contribution in [2.24, 2.45) is 5.41 Å². The van der Waals surface area contributed by atoms with Gasteiger partial charge in [0, 0.05) is 4.83 Å². The Hall–Kier alpha value is -0.300. The predicted octanol–water partition coefficient (Wildman–Crippen LogP) is 4.67. The van der Waals surface area contributed by atoms with Crippen molar-refractivity contribution in [1.29, 1.82) is 0 Å². The highest BCUT2D eigenvalue weighted by atomic mass is 79.9. The van der Waals surface area contributed by atoms with E-state index in [9.17, 15) is 0 Å². The Labute approximate surface area is 113 Å². The molecule has 0 N–H and O–H groups in total. The molecule has 0 aromatic heterocycles. The summed E-state index contributed by atoms with van der Waals surface area (Å²) >= 11 is 3.78. The van der Waals surface area contributed by atoms with Crippen LogP contribution in [-0.2, 0) is 19.3 Å². The van der Waals surface area contributed by atoms with Gasteiger partial charge < -0.3 is 0 Å². The van der Waals surface area contributed by atoms with E-state index in [0.717, 1.165) is 4.83 Å². The van der Waals surface area contributed by atoms with Gasteiger partial charge in [-0.2, -0.15) is 0 Å². The van der Waals surface area contributed by atoms with Gasteiger partial charge in [-0.3, -0.25) is 0 Å². The lowest BCUT2D eigenvalue weighted by Gasteiger charge is -2.24. The summed E-state index contributed by atoms with van der Waals surface area (Å²) in [7, 11) is 0. The fraction of sp³-hybridized carbons (Fsp3) is 0.625. The maximum Gasteiger partial charge on any atom is 0.0151 e. The highest BCUT2D eigenvalue weighted by Crippen LogP contribution is 2.43. The van der Waals surface area contributed by atoms with Crippen LogP contribution in [0, 0.1) is 5.41 Å². The Balaban J connectivity index is 1.77. The topological polar surface area (TPSA) is 0 Å². The Bertz CT molecular complexity index is 424. The quantitative estimate of drug-likeness (QED) is 0.695. The number of benzene rings is 1. The van der Waals surface area contributed by atoms with Crippen molar-refractivity contribution in [3.05, 3.63) is 34.9 Å². The molecule has 1 heteroatoms. The molecule has 3 rings (SSSR count). The van der Waals surface area contributed by atoms with Crippen LogP contribution in [0.25, 0.3) is 0 Å². The molecular weight excluding hydrogens is 272 g/mol. The third-order valence-corrected chi connectivity index (χ3v) is 5.35. The van der Waals surface area contributed by atoms with Crippen molar-refractivity contribution in [3.63, 3.8) is 0 Å². The fourth-order valence-electron chi connectivity index (χ4n) is 3.63. The molecule has 1 saturated carbocycles. The van der Waals surface area contributed by atoms with Gasteiger partial charge in [0.05, 0.1) is 0 Å². The normalized spacial score (nSPS) is 31.8. The Morgan fingerprint density at radius 1 is 1.29 bits per heavy atom. The van der Waals surface area contributed by atoms with Crippen LogP contribution in [0.15, 0.2) is 18.2 Å². The zero-order valence-corrected chi connectivity index (χ0v) is 12.2. The number of fused-ring (bicyclic) bond motifs is 1. The summed E-state index contributed by atoms with van der Waals surface area (Å²) in [4.78, 5) is 0.752. The van der Waals surface area contributed by atoms with Gasteiger partial charge >= 0.3 is 0 Å². The summed E-state index contributed by atoms with van der Waals surface area (Å²) in [6, 6.07) is 7.23. The molecule has 0 nitrogen and oxygen atoms in total. The SMILES string of the molecule is CC1(Cc2ccc3c(c2)CCC3)CCC(Br)C1. The standard InChI is InChI=1S/C16H21Br/c1-16(8-7-15(17)11-16)10-12-5-6-13-3-2-4-14(13)9-12/h5-6,9,15H,2-4,7-8,10-11H2,1H3. The fourth-order valence-corrected chi connectivity index (χ4v) is 4.64. The van der Waals surface area contributed by atoms with E-state index in [0.29, 0.717) is 5.41 Å². The van der Waals surface area contributed by atoms with Crippen LogP contribution in [-0.4, -0.2) is 4.83 Å². The van der Waals surface area contributed by atoms with Gasteiger partial charge in [0.2, 0.25) is 0 Å². The highest BCUT2D eigenvalue weighted by molar-refractivity contribution is 9.09. The molecule has 0 bridgehead atoms. The van der Waals surface area contributed by atoms with Crippen LogP contribution < -0.4 is 0 Å². The Morgan fingerprint density at radius 3 is 2.88 bits per heavy atom. The average Bonchev–Trinajstić information content (AvgIpc) is 2.85. The summed E-state index contributed by atoms with van der Waals surface area (Å²) in [5, 5.41) is 0. The van der Waals surface area contributed by atoms with Crippen LogP contribution in [0.1, 0.15) is 49.3 Å². The molecular formula is C16H21Br. The van der Waals surface area contributed by atoms with Crippen molar-refractivity contribution in [1.82, 2.24) is 0 Å². The van der Waals surface area contributed by atoms with Gasteiger partial charge in [-0.25, -0.2) is 0 Å². The minimum atomic E-state index is 0.529. The van der Waals surface area contributed by atoms with Crippen LogP contribution in [0.2, 0.25) is 0 Å². The number of hydrogen-bond donors (Lipinski definition) is 0. The van der Waals surface area contributed by atoms with E-state index in [1.807, 2.05) is 0 Å². The molecule has 0 amide bonds. The lowest BCUT2D eigenvalue weighted by atomic mass is 9.82. The van der Waals surface area contributed by atoms with Crippen molar-refractivity contribution in [3.8, 4) is 0 Å². The van der Waals surface area contributed by atoms with Gasteiger partial charge in [-0.05, 0) is 67.1 Å². The third kappa shape index (κ3) is 2.45. The molecule has 2 aliphatic carbocycles. The number of halogens is 1. The molecule has 1 fully saturated rings. The second-order valence-corrected chi connectivity index (χ2v) is 7.58. The zero-order valence-electron chi connectivity index (χ0n) is 10.6.